The molecule has 4 rings (SSSR count). The van der Waals surface area contributed by atoms with E-state index in [1.54, 1.807) is 0 Å². The molecule has 3 aromatic heterocycles. The fourth-order valence-corrected chi connectivity index (χ4v) is 3.13. The van der Waals surface area contributed by atoms with Gasteiger partial charge in [0.2, 0.25) is 5.88 Å². The molecule has 0 aromatic carbocycles. The van der Waals surface area contributed by atoms with Crippen LogP contribution in [0, 0.1) is 6.57 Å². The molecule has 1 atom stereocenters. The average molecular weight is 371 g/mol. The van der Waals surface area contributed by atoms with E-state index in [0.29, 0.717) is 16.4 Å². The molecule has 1 fully saturated rings. The maximum absolute atomic E-state index is 12.1. The second-order valence-corrected chi connectivity index (χ2v) is 7.13. The highest BCUT2D eigenvalue weighted by molar-refractivity contribution is 7.84. The van der Waals surface area contributed by atoms with Gasteiger partial charge in [-0.05, 0) is 18.9 Å². The number of nitrogens with one attached hydrogen (secondary N) is 2. The fourth-order valence-electron chi connectivity index (χ4n) is 2.51. The Morgan fingerprint density at radius 2 is 2.27 bits per heavy atom. The van der Waals surface area contributed by atoms with Crippen LogP contribution in [0.3, 0.4) is 0 Å². The Morgan fingerprint density at radius 3 is 2.85 bits per heavy atom. The van der Waals surface area contributed by atoms with E-state index in [0.717, 1.165) is 12.8 Å². The molecule has 132 valence electrons. The highest BCUT2D eigenvalue weighted by Crippen LogP contribution is 2.24. The Labute approximate surface area is 148 Å². The largest absolute Gasteiger partial charge is 0.493 e. The van der Waals surface area contributed by atoms with Crippen LogP contribution in [-0.2, 0) is 10.8 Å². The second-order valence-electron chi connectivity index (χ2n) is 5.84. The van der Waals surface area contributed by atoms with Gasteiger partial charge in [0.05, 0.1) is 29.6 Å². The van der Waals surface area contributed by atoms with E-state index in [9.17, 15) is 14.1 Å². The van der Waals surface area contributed by atoms with Crippen molar-refractivity contribution in [3.63, 3.8) is 0 Å². The highest BCUT2D eigenvalue weighted by atomic mass is 32.2. The fraction of sp³-hybridized carbons (Fsp3) is 0.267. The Hall–Kier alpha value is -3.26. The zero-order valence-corrected chi connectivity index (χ0v) is 14.4. The van der Waals surface area contributed by atoms with Gasteiger partial charge in [-0.2, -0.15) is 5.10 Å². The van der Waals surface area contributed by atoms with Gasteiger partial charge in [-0.25, -0.2) is 19.1 Å². The number of hydrogen-bond acceptors (Lipinski definition) is 6. The van der Waals surface area contributed by atoms with Crippen molar-refractivity contribution in [3.8, 4) is 5.88 Å². The third kappa shape index (κ3) is 2.70. The first kappa shape index (κ1) is 16.2. The minimum absolute atomic E-state index is 0.123. The number of nitrogens with zero attached hydrogens (tertiary/aromatic N) is 5. The Bertz CT molecular complexity index is 1270. The molecule has 10 nitrogen and oxygen atoms in total. The normalized spacial score (nSPS) is 16.9. The Kier molecular flexibility index (Phi) is 3.69. The van der Waals surface area contributed by atoms with Crippen LogP contribution >= 0.6 is 0 Å². The summed E-state index contributed by atoms with van der Waals surface area (Å²) < 4.78 is 13.5. The van der Waals surface area contributed by atoms with Crippen molar-refractivity contribution >= 4 is 28.2 Å². The molecule has 0 spiro atoms. The third-order valence-corrected chi connectivity index (χ3v) is 4.69. The van der Waals surface area contributed by atoms with Gasteiger partial charge in [0.1, 0.15) is 10.7 Å². The van der Waals surface area contributed by atoms with Gasteiger partial charge in [0.15, 0.2) is 11.1 Å². The summed E-state index contributed by atoms with van der Waals surface area (Å²) >= 11 is 0. The van der Waals surface area contributed by atoms with Crippen molar-refractivity contribution in [1.82, 2.24) is 24.6 Å². The summed E-state index contributed by atoms with van der Waals surface area (Å²) in [4.78, 5) is 28.3. The van der Waals surface area contributed by atoms with E-state index >= 15 is 0 Å². The lowest BCUT2D eigenvalue weighted by molar-refractivity contribution is 0.454. The first-order valence-electron chi connectivity index (χ1n) is 7.67. The molecule has 0 amide bonds. The predicted octanol–water partition coefficient (Wildman–Crippen LogP) is -0.650. The van der Waals surface area contributed by atoms with Gasteiger partial charge in [-0.1, -0.05) is 0 Å². The lowest BCUT2D eigenvalue weighted by atomic mass is 10.3. The maximum Gasteiger partial charge on any atom is 0.326 e. The summed E-state index contributed by atoms with van der Waals surface area (Å²) in [6, 6.07) is 0.126. The maximum atomic E-state index is 12.1. The van der Waals surface area contributed by atoms with Crippen LogP contribution in [0.1, 0.15) is 18.5 Å². The monoisotopic (exact) mass is 371 g/mol. The van der Waals surface area contributed by atoms with E-state index in [1.165, 1.54) is 23.0 Å². The van der Waals surface area contributed by atoms with Gasteiger partial charge >= 0.3 is 5.69 Å². The molecule has 1 aliphatic carbocycles. The third-order valence-electron chi connectivity index (χ3n) is 3.86. The van der Waals surface area contributed by atoms with E-state index < -0.39 is 16.5 Å². The second kappa shape index (κ2) is 5.92. The molecule has 1 saturated carbocycles. The molecule has 0 saturated heterocycles. The number of hydrogen-bond donors (Lipinski definition) is 3. The number of aromatic nitrogens is 5. The Balaban J connectivity index is 2.09. The molecule has 0 aliphatic heterocycles. The summed E-state index contributed by atoms with van der Waals surface area (Å²) in [6.45, 7) is 7.44. The molecule has 0 radical (unpaired) electrons. The van der Waals surface area contributed by atoms with Crippen LogP contribution in [0.25, 0.3) is 16.6 Å². The van der Waals surface area contributed by atoms with E-state index in [-0.39, 0.29) is 28.3 Å². The minimum atomic E-state index is -1.49. The number of fused-ring (bicyclic) bond motifs is 1. The number of H-pyrrole nitrogens is 2. The van der Waals surface area contributed by atoms with E-state index in [2.05, 4.69) is 29.9 Å². The lowest BCUT2D eigenvalue weighted by Gasteiger charge is -2.03. The van der Waals surface area contributed by atoms with Crippen molar-refractivity contribution in [2.75, 3.05) is 6.26 Å². The molecule has 26 heavy (non-hydrogen) atoms. The molecule has 3 heterocycles. The predicted molar refractivity (Wildman–Crippen MR) is 92.0 cm³/mol. The van der Waals surface area contributed by atoms with Crippen molar-refractivity contribution in [3.05, 3.63) is 44.5 Å². The zero-order valence-electron chi connectivity index (χ0n) is 13.6. The van der Waals surface area contributed by atoms with Crippen LogP contribution in [0.5, 0.6) is 5.88 Å². The van der Waals surface area contributed by atoms with Gasteiger partial charge in [-0.3, -0.25) is 14.2 Å². The molecule has 11 heteroatoms. The first-order valence-corrected chi connectivity index (χ1v) is 9.23. The van der Waals surface area contributed by atoms with Gasteiger partial charge in [0.25, 0.3) is 5.69 Å². The molecule has 0 bridgehead atoms. The number of aromatic amines is 2. The lowest BCUT2D eigenvalue weighted by Crippen LogP contribution is -2.21. The molecular weight excluding hydrogens is 358 g/mol. The van der Waals surface area contributed by atoms with Crippen LogP contribution in [-0.4, -0.2) is 46.2 Å². The van der Waals surface area contributed by atoms with Crippen LogP contribution in [0.15, 0.2) is 21.0 Å². The Morgan fingerprint density at radius 1 is 1.50 bits per heavy atom. The summed E-state index contributed by atoms with van der Waals surface area (Å²) in [7, 11) is -1.49. The quantitative estimate of drug-likeness (QED) is 0.416. The summed E-state index contributed by atoms with van der Waals surface area (Å²) in [5.41, 5.74) is 0.402. The number of aromatic hydroxyl groups is 1. The van der Waals surface area contributed by atoms with Crippen LogP contribution in [0.4, 0.5) is 5.69 Å². The summed E-state index contributed by atoms with van der Waals surface area (Å²) in [6.07, 6.45) is 6.29. The summed E-state index contributed by atoms with van der Waals surface area (Å²) in [5.74, 6) is -0.311. The van der Waals surface area contributed by atoms with Crippen molar-refractivity contribution in [2.24, 2.45) is 4.99 Å². The molecule has 1 aliphatic rings. The summed E-state index contributed by atoms with van der Waals surface area (Å²) in [5, 5.41) is 14.6. The zero-order chi connectivity index (χ0) is 18.4. The van der Waals surface area contributed by atoms with Crippen LogP contribution in [0.2, 0.25) is 0 Å². The van der Waals surface area contributed by atoms with E-state index in [1.807, 2.05) is 0 Å². The van der Waals surface area contributed by atoms with Crippen molar-refractivity contribution in [1.29, 1.82) is 0 Å². The molecule has 3 N–H and O–H groups in total. The van der Waals surface area contributed by atoms with E-state index in [4.69, 9.17) is 6.57 Å². The van der Waals surface area contributed by atoms with Crippen molar-refractivity contribution < 1.29 is 9.32 Å². The van der Waals surface area contributed by atoms with Gasteiger partial charge in [0, 0.05) is 11.5 Å². The highest BCUT2D eigenvalue weighted by Gasteiger charge is 2.23. The molecule has 3 aromatic rings. The number of imidazole rings is 1. The molecule has 1 unspecified atom stereocenters. The van der Waals surface area contributed by atoms with Gasteiger partial charge < -0.3 is 10.1 Å². The molecular formula is C15H13N7O3S. The topological polar surface area (TPSA) is 133 Å². The first-order chi connectivity index (χ1) is 12.5. The standard InChI is InChI=1S/C15H13N7O3S/c1-16-10-12(18-8-3-4-8)22-11(20-14(10)26(2)25)7(6-17-22)5-9-13(23)21-15(24)19-9/h5-6,8,23H,3-4H2,2H3,(H2,19,21,24). The van der Waals surface area contributed by atoms with Gasteiger partial charge in [-0.15, -0.1) is 0 Å². The number of rotatable bonds is 3. The minimum Gasteiger partial charge on any atom is -0.493 e. The van der Waals surface area contributed by atoms with Crippen molar-refractivity contribution in [2.45, 2.75) is 23.9 Å². The van der Waals surface area contributed by atoms with Crippen LogP contribution < -0.4 is 16.4 Å². The smallest absolute Gasteiger partial charge is 0.326 e. The SMILES string of the molecule is [C-]#[N+]c1c(S(C)=O)nc2c(=Cc3[nH]c(=O)[nH]c3O)cnn2c1=NC1CC1. The average Bonchev–Trinajstić information content (AvgIpc) is 3.24.